The molecule has 2 aliphatic carbocycles. The Morgan fingerprint density at radius 3 is 2.38 bits per heavy atom. The van der Waals surface area contributed by atoms with E-state index in [0.29, 0.717) is 27.9 Å². The summed E-state index contributed by atoms with van der Waals surface area (Å²) in [5.41, 5.74) is 3.16. The van der Waals surface area contributed by atoms with Crippen molar-refractivity contribution in [3.63, 3.8) is 0 Å². The molecule has 7 atom stereocenters. The van der Waals surface area contributed by atoms with Crippen LogP contribution in [0.3, 0.4) is 0 Å². The van der Waals surface area contributed by atoms with Gasteiger partial charge in [-0.1, -0.05) is 41.1 Å². The first-order valence-corrected chi connectivity index (χ1v) is 17.9. The zero-order valence-electron chi connectivity index (χ0n) is 26.3. The van der Waals surface area contributed by atoms with Gasteiger partial charge >= 0.3 is 4.87 Å². The molecule has 3 amide bonds. The Hall–Kier alpha value is -4.06. The number of amides is 3. The highest BCUT2D eigenvalue weighted by Crippen LogP contribution is 2.69. The molecule has 4 aliphatic rings. The van der Waals surface area contributed by atoms with Gasteiger partial charge in [0.2, 0.25) is 17.7 Å². The van der Waals surface area contributed by atoms with Gasteiger partial charge in [-0.3, -0.25) is 28.6 Å². The minimum atomic E-state index is -0.442. The molecule has 3 heterocycles. The predicted octanol–water partition coefficient (Wildman–Crippen LogP) is 6.21. The standard InChI is InChI=1S/C36H32ClN3O6S2/c1-17-5-4-6-20(13-17)38-26(41)16-39-35-32(48-36(39)44)27(18-7-12-24(45-2)25(14-18)46-3)28-22-15-23(31(28)47-35)30-29(22)33(42)40(34(30)43)21-10-8-19(37)9-11-21/h4-14,22-23,27-31H,15-16H2,1-3H3,(H,38,41). The number of aromatic nitrogens is 1. The lowest BCUT2D eigenvalue weighted by Crippen LogP contribution is -2.43. The predicted molar refractivity (Wildman–Crippen MR) is 185 cm³/mol. The van der Waals surface area contributed by atoms with Crippen molar-refractivity contribution < 1.29 is 23.9 Å². The number of ether oxygens (including phenoxy) is 2. The average Bonchev–Trinajstić information content (AvgIpc) is 3.79. The number of nitrogens with zero attached hydrogens (tertiary/aromatic N) is 2. The van der Waals surface area contributed by atoms with Crippen LogP contribution in [0.25, 0.3) is 0 Å². The molecule has 1 N–H and O–H groups in total. The number of halogens is 1. The molecule has 9 nitrogen and oxygen atoms in total. The molecule has 12 heteroatoms. The fourth-order valence-electron chi connectivity index (χ4n) is 8.59. The van der Waals surface area contributed by atoms with Crippen molar-refractivity contribution in [2.45, 2.75) is 36.1 Å². The third kappa shape index (κ3) is 4.81. The van der Waals surface area contributed by atoms with E-state index in [2.05, 4.69) is 5.32 Å². The van der Waals surface area contributed by atoms with Gasteiger partial charge in [-0.15, -0.1) is 11.8 Å². The first-order valence-electron chi connectivity index (χ1n) is 15.8. The van der Waals surface area contributed by atoms with E-state index < -0.39 is 11.8 Å². The monoisotopic (exact) mass is 701 g/mol. The highest BCUT2D eigenvalue weighted by atomic mass is 35.5. The molecular formula is C36H32ClN3O6S2. The first-order chi connectivity index (χ1) is 23.2. The van der Waals surface area contributed by atoms with Crippen molar-refractivity contribution in [1.29, 1.82) is 0 Å². The van der Waals surface area contributed by atoms with Gasteiger partial charge < -0.3 is 14.8 Å². The molecule has 3 aromatic carbocycles. The third-order valence-electron chi connectivity index (χ3n) is 10.4. The Morgan fingerprint density at radius 1 is 0.938 bits per heavy atom. The fraction of sp³-hybridized carbons (Fsp3) is 0.333. The molecule has 0 spiro atoms. The van der Waals surface area contributed by atoms with E-state index in [-0.39, 0.29) is 58.1 Å². The van der Waals surface area contributed by atoms with E-state index in [1.807, 2.05) is 49.4 Å². The van der Waals surface area contributed by atoms with Crippen LogP contribution < -0.4 is 24.6 Å². The number of carbonyl (C=O) groups excluding carboxylic acids is 3. The van der Waals surface area contributed by atoms with Crippen molar-refractivity contribution in [3.05, 3.63) is 97.4 Å². The summed E-state index contributed by atoms with van der Waals surface area (Å²) in [7, 11) is 3.17. The molecule has 2 bridgehead atoms. The van der Waals surface area contributed by atoms with Gasteiger partial charge in [-0.25, -0.2) is 0 Å². The Kier molecular flexibility index (Phi) is 7.69. The summed E-state index contributed by atoms with van der Waals surface area (Å²) >= 11 is 8.87. The molecule has 1 aromatic heterocycles. The molecule has 246 valence electrons. The number of imide groups is 1. The lowest BCUT2D eigenvalue weighted by Gasteiger charge is -2.43. The summed E-state index contributed by atoms with van der Waals surface area (Å²) in [6, 6.07) is 20.1. The van der Waals surface area contributed by atoms with Gasteiger partial charge in [0, 0.05) is 26.8 Å². The zero-order valence-corrected chi connectivity index (χ0v) is 28.7. The largest absolute Gasteiger partial charge is 0.493 e. The number of anilines is 2. The topological polar surface area (TPSA) is 107 Å². The zero-order chi connectivity index (χ0) is 33.4. The maximum atomic E-state index is 14.1. The molecule has 1 saturated heterocycles. The molecule has 48 heavy (non-hydrogen) atoms. The Labute approximate surface area is 290 Å². The molecule has 0 radical (unpaired) electrons. The number of thioether (sulfide) groups is 1. The number of nitrogens with one attached hydrogen (secondary N) is 1. The fourth-order valence-corrected chi connectivity index (χ4v) is 11.9. The Morgan fingerprint density at radius 2 is 1.67 bits per heavy atom. The number of hydrogen-bond acceptors (Lipinski definition) is 8. The SMILES string of the molecule is COc1ccc(C2c3sc(=O)n(CC(=O)Nc4cccc(C)c4)c3SC3C4CC(C5C(=O)N(c6ccc(Cl)cc6)C(=O)C45)C23)cc1OC. The smallest absolute Gasteiger partial charge is 0.308 e. The molecule has 8 rings (SSSR count). The van der Waals surface area contributed by atoms with E-state index in [4.69, 9.17) is 21.1 Å². The van der Waals surface area contributed by atoms with Gasteiger partial charge in [0.1, 0.15) is 6.54 Å². The minimum absolute atomic E-state index is 0.0126. The lowest BCUT2D eigenvalue weighted by atomic mass is 9.68. The van der Waals surface area contributed by atoms with Gasteiger partial charge in [-0.2, -0.15) is 0 Å². The molecule has 2 aliphatic heterocycles. The molecule has 7 unspecified atom stereocenters. The number of benzene rings is 3. The van der Waals surface area contributed by atoms with Crippen LogP contribution >= 0.6 is 34.7 Å². The summed E-state index contributed by atoms with van der Waals surface area (Å²) in [5, 5.41) is 4.18. The Balaban J connectivity index is 1.20. The number of rotatable bonds is 7. The van der Waals surface area contributed by atoms with Crippen LogP contribution in [-0.4, -0.2) is 41.8 Å². The number of fused-ring (bicyclic) bond motifs is 9. The normalized spacial score (nSPS) is 26.7. The summed E-state index contributed by atoms with van der Waals surface area (Å²) in [5.74, 6) is -0.747. The minimum Gasteiger partial charge on any atom is -0.493 e. The van der Waals surface area contributed by atoms with Crippen molar-refractivity contribution in [3.8, 4) is 11.5 Å². The second kappa shape index (κ2) is 11.8. The van der Waals surface area contributed by atoms with Crippen molar-refractivity contribution >= 4 is 63.8 Å². The molecular weight excluding hydrogens is 670 g/mol. The highest BCUT2D eigenvalue weighted by molar-refractivity contribution is 8.00. The van der Waals surface area contributed by atoms with E-state index in [1.54, 1.807) is 54.8 Å². The van der Waals surface area contributed by atoms with Crippen LogP contribution in [-0.2, 0) is 20.9 Å². The second-order valence-electron chi connectivity index (χ2n) is 12.9. The number of aryl methyl sites for hydroxylation is 1. The average molecular weight is 702 g/mol. The summed E-state index contributed by atoms with van der Waals surface area (Å²) in [6.45, 7) is 1.82. The summed E-state index contributed by atoms with van der Waals surface area (Å²) < 4.78 is 12.8. The second-order valence-corrected chi connectivity index (χ2v) is 15.5. The van der Waals surface area contributed by atoms with E-state index >= 15 is 0 Å². The van der Waals surface area contributed by atoms with Crippen LogP contribution in [0.5, 0.6) is 11.5 Å². The number of hydrogen-bond donors (Lipinski definition) is 1. The maximum Gasteiger partial charge on any atom is 0.308 e. The number of methoxy groups -OCH3 is 2. The van der Waals surface area contributed by atoms with Crippen LogP contribution in [0.2, 0.25) is 5.02 Å². The van der Waals surface area contributed by atoms with Crippen LogP contribution in [0.4, 0.5) is 11.4 Å². The first kappa shape index (κ1) is 31.2. The number of thiazole rings is 1. The van der Waals surface area contributed by atoms with Gasteiger partial charge in [0.15, 0.2) is 11.5 Å². The van der Waals surface area contributed by atoms with Crippen LogP contribution in [0.1, 0.15) is 28.3 Å². The third-order valence-corrected chi connectivity index (χ3v) is 13.4. The van der Waals surface area contributed by atoms with Crippen molar-refractivity contribution in [2.75, 3.05) is 24.4 Å². The van der Waals surface area contributed by atoms with Crippen molar-refractivity contribution in [2.24, 2.45) is 29.6 Å². The summed E-state index contributed by atoms with van der Waals surface area (Å²) in [6.07, 6.45) is 0.750. The van der Waals surface area contributed by atoms with Crippen LogP contribution in [0.15, 0.2) is 76.6 Å². The number of carbonyl (C=O) groups is 3. The Bertz CT molecular complexity index is 2040. The molecule has 3 fully saturated rings. The lowest BCUT2D eigenvalue weighted by molar-refractivity contribution is -0.123. The van der Waals surface area contributed by atoms with E-state index in [1.165, 1.54) is 4.90 Å². The summed E-state index contributed by atoms with van der Waals surface area (Å²) in [4.78, 5) is 57.1. The molecule has 2 saturated carbocycles. The molecule has 4 aromatic rings. The van der Waals surface area contributed by atoms with Crippen molar-refractivity contribution in [1.82, 2.24) is 4.57 Å². The maximum absolute atomic E-state index is 14.1. The van der Waals surface area contributed by atoms with Gasteiger partial charge in [-0.05, 0) is 90.8 Å². The van der Waals surface area contributed by atoms with Crippen LogP contribution in [0, 0.1) is 36.5 Å². The van der Waals surface area contributed by atoms with E-state index in [0.717, 1.165) is 38.8 Å². The van der Waals surface area contributed by atoms with Gasteiger partial charge in [0.25, 0.3) is 0 Å². The highest BCUT2D eigenvalue weighted by Gasteiger charge is 2.70. The quantitative estimate of drug-likeness (QED) is 0.229. The van der Waals surface area contributed by atoms with E-state index in [9.17, 15) is 19.2 Å². The van der Waals surface area contributed by atoms with Gasteiger partial charge in [0.05, 0.1) is 36.8 Å².